The number of carbonyl (C=O) groups excluding carboxylic acids is 2. The summed E-state index contributed by atoms with van der Waals surface area (Å²) in [6.07, 6.45) is 1.42. The number of carbonyl (C=O) groups is 2. The van der Waals surface area contributed by atoms with Crippen LogP contribution < -0.4 is 5.56 Å². The maximum atomic E-state index is 12.6. The molecule has 0 aliphatic heterocycles. The topological polar surface area (TPSA) is 78.3 Å². The number of rotatable bonds is 6. The third-order valence-electron chi connectivity index (χ3n) is 5.05. The van der Waals surface area contributed by atoms with E-state index < -0.39 is 5.97 Å². The largest absolute Gasteiger partial charge is 0.457 e. The number of fused-ring (bicyclic) bond motifs is 1. The molecule has 0 saturated heterocycles. The van der Waals surface area contributed by atoms with Crippen molar-refractivity contribution in [1.82, 2.24) is 9.55 Å². The molecule has 0 bridgehead atoms. The zero-order valence-corrected chi connectivity index (χ0v) is 17.8. The van der Waals surface area contributed by atoms with Crippen LogP contribution in [0.1, 0.15) is 48.7 Å². The molecule has 0 saturated carbocycles. The highest BCUT2D eigenvalue weighted by molar-refractivity contribution is 5.98. The van der Waals surface area contributed by atoms with Crippen molar-refractivity contribution >= 4 is 22.7 Å². The highest BCUT2D eigenvalue weighted by Gasteiger charge is 2.15. The Morgan fingerprint density at radius 2 is 1.77 bits per heavy atom. The number of hydrogen-bond acceptors (Lipinski definition) is 5. The second-order valence-electron chi connectivity index (χ2n) is 8.38. The first-order chi connectivity index (χ1) is 14.2. The Labute approximate surface area is 175 Å². The van der Waals surface area contributed by atoms with Crippen molar-refractivity contribution in [1.29, 1.82) is 0 Å². The Morgan fingerprint density at radius 1 is 1.07 bits per heavy atom. The van der Waals surface area contributed by atoms with Crippen LogP contribution in [-0.4, -0.2) is 27.9 Å². The summed E-state index contributed by atoms with van der Waals surface area (Å²) in [6, 6.07) is 12.7. The summed E-state index contributed by atoms with van der Waals surface area (Å²) >= 11 is 0. The lowest BCUT2D eigenvalue weighted by atomic mass is 9.86. The van der Waals surface area contributed by atoms with Crippen LogP contribution >= 0.6 is 0 Å². The van der Waals surface area contributed by atoms with Gasteiger partial charge < -0.3 is 4.74 Å². The van der Waals surface area contributed by atoms with Gasteiger partial charge in [0.25, 0.3) is 5.56 Å². The van der Waals surface area contributed by atoms with Crippen LogP contribution in [0, 0.1) is 6.92 Å². The Balaban J connectivity index is 1.56. The number of hydrogen-bond donors (Lipinski definition) is 0. The van der Waals surface area contributed by atoms with Crippen LogP contribution in [0.15, 0.2) is 53.6 Å². The molecule has 3 aromatic rings. The summed E-state index contributed by atoms with van der Waals surface area (Å²) in [5.41, 5.74) is 3.01. The molecule has 0 aliphatic rings. The van der Waals surface area contributed by atoms with Crippen LogP contribution in [0.25, 0.3) is 10.9 Å². The van der Waals surface area contributed by atoms with Crippen LogP contribution in [0.3, 0.4) is 0 Å². The van der Waals surface area contributed by atoms with Crippen molar-refractivity contribution in [3.05, 3.63) is 75.8 Å². The first kappa shape index (κ1) is 21.4. The van der Waals surface area contributed by atoms with Gasteiger partial charge in [0, 0.05) is 12.1 Å². The van der Waals surface area contributed by atoms with Crippen molar-refractivity contribution in [3.63, 3.8) is 0 Å². The molecule has 1 aromatic heterocycles. The fourth-order valence-corrected chi connectivity index (χ4v) is 3.17. The van der Waals surface area contributed by atoms with E-state index in [1.54, 1.807) is 24.3 Å². The van der Waals surface area contributed by atoms with E-state index in [-0.39, 0.29) is 36.3 Å². The molecule has 0 spiro atoms. The SMILES string of the molecule is Cc1cccc2c(=O)n(CCC(=O)OCC(=O)c3ccc(C(C)(C)C)cc3)cnc12. The Bertz CT molecular complexity index is 1140. The van der Waals surface area contributed by atoms with Gasteiger partial charge in [-0.05, 0) is 29.5 Å². The number of para-hydroxylation sites is 1. The molecular formula is C24H26N2O4. The Kier molecular flexibility index (Phi) is 6.15. The number of nitrogens with zero attached hydrogens (tertiary/aromatic N) is 2. The minimum absolute atomic E-state index is 0.00242. The fraction of sp³-hybridized carbons (Fsp3) is 0.333. The molecule has 0 fully saturated rings. The standard InChI is InChI=1S/C24H26N2O4/c1-16-6-5-7-19-22(16)25-15-26(23(19)29)13-12-21(28)30-14-20(27)17-8-10-18(11-9-17)24(2,3)4/h5-11,15H,12-14H2,1-4H3. The molecule has 2 aromatic carbocycles. The highest BCUT2D eigenvalue weighted by atomic mass is 16.5. The first-order valence-corrected chi connectivity index (χ1v) is 9.91. The third-order valence-corrected chi connectivity index (χ3v) is 5.05. The van der Waals surface area contributed by atoms with E-state index >= 15 is 0 Å². The monoisotopic (exact) mass is 406 g/mol. The van der Waals surface area contributed by atoms with Crippen molar-refractivity contribution in [2.75, 3.05) is 6.61 Å². The number of aryl methyl sites for hydroxylation is 2. The first-order valence-electron chi connectivity index (χ1n) is 9.91. The zero-order valence-electron chi connectivity index (χ0n) is 17.8. The second kappa shape index (κ2) is 8.61. The molecule has 1 heterocycles. The average molecular weight is 406 g/mol. The van der Waals surface area contributed by atoms with Gasteiger partial charge in [0.15, 0.2) is 12.4 Å². The van der Waals surface area contributed by atoms with Gasteiger partial charge in [0.05, 0.1) is 23.7 Å². The normalized spacial score (nSPS) is 11.5. The van der Waals surface area contributed by atoms with Crippen molar-refractivity contribution in [2.45, 2.75) is 46.1 Å². The summed E-state index contributed by atoms with van der Waals surface area (Å²) in [6.45, 7) is 8.01. The Morgan fingerprint density at radius 3 is 2.43 bits per heavy atom. The smallest absolute Gasteiger partial charge is 0.308 e. The number of aromatic nitrogens is 2. The van der Waals surface area contributed by atoms with Crippen LogP contribution in [-0.2, 0) is 21.5 Å². The van der Waals surface area contributed by atoms with Crippen LogP contribution in [0.2, 0.25) is 0 Å². The zero-order chi connectivity index (χ0) is 21.9. The van der Waals surface area contributed by atoms with Gasteiger partial charge in [-0.15, -0.1) is 0 Å². The molecule has 6 heteroatoms. The van der Waals surface area contributed by atoms with E-state index in [2.05, 4.69) is 25.8 Å². The number of esters is 1. The van der Waals surface area contributed by atoms with E-state index in [0.717, 1.165) is 11.1 Å². The molecule has 0 radical (unpaired) electrons. The Hall–Kier alpha value is -3.28. The maximum absolute atomic E-state index is 12.6. The number of ketones is 1. The van der Waals surface area contributed by atoms with Gasteiger partial charge in [0.1, 0.15) is 0 Å². The van der Waals surface area contributed by atoms with Crippen molar-refractivity contribution in [3.8, 4) is 0 Å². The summed E-state index contributed by atoms with van der Waals surface area (Å²) in [4.78, 5) is 41.2. The maximum Gasteiger partial charge on any atom is 0.308 e. The van der Waals surface area contributed by atoms with Gasteiger partial charge in [-0.1, -0.05) is 57.2 Å². The van der Waals surface area contributed by atoms with Crippen LogP contribution in [0.5, 0.6) is 0 Å². The molecule has 0 atom stereocenters. The summed E-state index contributed by atoms with van der Waals surface area (Å²) in [7, 11) is 0. The van der Waals surface area contributed by atoms with E-state index in [1.807, 2.05) is 25.1 Å². The quantitative estimate of drug-likeness (QED) is 0.459. The van der Waals surface area contributed by atoms with Crippen molar-refractivity contribution < 1.29 is 14.3 Å². The van der Waals surface area contributed by atoms with Gasteiger partial charge in [-0.2, -0.15) is 0 Å². The third kappa shape index (κ3) is 4.82. The lowest BCUT2D eigenvalue weighted by molar-refractivity contribution is -0.142. The molecule has 0 aliphatic carbocycles. The van der Waals surface area contributed by atoms with Crippen molar-refractivity contribution in [2.24, 2.45) is 0 Å². The summed E-state index contributed by atoms with van der Waals surface area (Å²) < 4.78 is 6.48. The fourth-order valence-electron chi connectivity index (χ4n) is 3.17. The molecule has 0 unspecified atom stereocenters. The predicted octanol–water partition coefficient (Wildman–Crippen LogP) is 3.82. The van der Waals surface area contributed by atoms with E-state index in [4.69, 9.17) is 4.74 Å². The van der Waals surface area contributed by atoms with Gasteiger partial charge in [-0.3, -0.25) is 19.0 Å². The number of Topliss-reactive ketones (excluding diaryl/α,β-unsaturated/α-hetero) is 1. The molecule has 156 valence electrons. The lowest BCUT2D eigenvalue weighted by Gasteiger charge is -2.18. The summed E-state index contributed by atoms with van der Waals surface area (Å²) in [5, 5.41) is 0.514. The van der Waals surface area contributed by atoms with E-state index in [9.17, 15) is 14.4 Å². The minimum Gasteiger partial charge on any atom is -0.457 e. The second-order valence-corrected chi connectivity index (χ2v) is 8.38. The average Bonchev–Trinajstić information content (AvgIpc) is 2.71. The lowest BCUT2D eigenvalue weighted by Crippen LogP contribution is -2.23. The highest BCUT2D eigenvalue weighted by Crippen LogP contribution is 2.22. The number of ether oxygens (including phenoxy) is 1. The van der Waals surface area contributed by atoms with Gasteiger partial charge in [-0.25, -0.2) is 4.98 Å². The van der Waals surface area contributed by atoms with Crippen LogP contribution in [0.4, 0.5) is 0 Å². The van der Waals surface area contributed by atoms with Gasteiger partial charge >= 0.3 is 5.97 Å². The minimum atomic E-state index is -0.536. The van der Waals surface area contributed by atoms with E-state index in [0.29, 0.717) is 16.5 Å². The molecule has 0 amide bonds. The summed E-state index contributed by atoms with van der Waals surface area (Å²) in [5.74, 6) is -0.797. The predicted molar refractivity (Wildman–Crippen MR) is 116 cm³/mol. The molecular weight excluding hydrogens is 380 g/mol. The molecule has 3 rings (SSSR count). The van der Waals surface area contributed by atoms with E-state index in [1.165, 1.54) is 10.9 Å². The van der Waals surface area contributed by atoms with Gasteiger partial charge in [0.2, 0.25) is 0 Å². The molecule has 6 nitrogen and oxygen atoms in total. The molecule has 0 N–H and O–H groups in total. The number of benzene rings is 2. The molecule has 30 heavy (non-hydrogen) atoms.